The number of likely N-dealkylation sites (tertiary alicyclic amines) is 1. The molecule has 10 heteroatoms. The number of aromatic nitrogens is 1. The summed E-state index contributed by atoms with van der Waals surface area (Å²) in [5, 5.41) is 12.8. The van der Waals surface area contributed by atoms with Crippen LogP contribution >= 0.6 is 11.3 Å². The molecule has 1 fully saturated rings. The molecule has 2 atom stereocenters. The standard InChI is InChI=1S/C13H16F3N3O3S/c1-7-2-8(10(20)21)5-19(4-7)12(22)18-11-17-9(6-23-11)3-13(14,15)16/h6-8H,2-5H2,1H3,(H,20,21)(H,17,18,22). The van der Waals surface area contributed by atoms with Crippen molar-refractivity contribution < 1.29 is 27.9 Å². The minimum Gasteiger partial charge on any atom is -0.481 e. The molecule has 6 nitrogen and oxygen atoms in total. The smallest absolute Gasteiger partial charge is 0.394 e. The number of carboxylic acids is 1. The van der Waals surface area contributed by atoms with Gasteiger partial charge in [0.25, 0.3) is 0 Å². The molecule has 2 N–H and O–H groups in total. The Kier molecular flexibility index (Phi) is 5.12. The molecule has 2 amide bonds. The molecule has 2 rings (SSSR count). The summed E-state index contributed by atoms with van der Waals surface area (Å²) < 4.78 is 36.8. The number of urea groups is 1. The first-order valence-electron chi connectivity index (χ1n) is 6.94. The van der Waals surface area contributed by atoms with Crippen LogP contribution in [0.15, 0.2) is 5.38 Å². The number of carbonyl (C=O) groups excluding carboxylic acids is 1. The van der Waals surface area contributed by atoms with Gasteiger partial charge in [-0.15, -0.1) is 11.3 Å². The minimum absolute atomic E-state index is 0.0349. The molecule has 1 aromatic heterocycles. The number of nitrogens with one attached hydrogen (secondary N) is 1. The van der Waals surface area contributed by atoms with E-state index < -0.39 is 30.5 Å². The summed E-state index contributed by atoms with van der Waals surface area (Å²) in [6.07, 6.45) is -5.01. The Morgan fingerprint density at radius 3 is 2.78 bits per heavy atom. The topological polar surface area (TPSA) is 82.5 Å². The van der Waals surface area contributed by atoms with Crippen LogP contribution in [0.25, 0.3) is 0 Å². The number of piperidine rings is 1. The van der Waals surface area contributed by atoms with Gasteiger partial charge in [0.05, 0.1) is 18.0 Å². The zero-order valence-corrected chi connectivity index (χ0v) is 13.1. The van der Waals surface area contributed by atoms with Crippen LogP contribution in [-0.4, -0.2) is 46.3 Å². The van der Waals surface area contributed by atoms with Crippen LogP contribution in [0.3, 0.4) is 0 Å². The van der Waals surface area contributed by atoms with E-state index >= 15 is 0 Å². The summed E-state index contributed by atoms with van der Waals surface area (Å²) in [6.45, 7) is 2.32. The zero-order valence-electron chi connectivity index (χ0n) is 12.3. The number of rotatable bonds is 3. The number of alkyl halides is 3. The first kappa shape index (κ1) is 17.5. The minimum atomic E-state index is -4.35. The summed E-state index contributed by atoms with van der Waals surface area (Å²) in [7, 11) is 0. The van der Waals surface area contributed by atoms with Crippen LogP contribution in [0.2, 0.25) is 0 Å². The fourth-order valence-electron chi connectivity index (χ4n) is 2.52. The van der Waals surface area contributed by atoms with E-state index in [1.54, 1.807) is 0 Å². The maximum atomic E-state index is 12.3. The number of anilines is 1. The molecular weight excluding hydrogens is 335 g/mol. The predicted octanol–water partition coefficient (Wildman–Crippen LogP) is 2.82. The molecule has 0 aliphatic carbocycles. The van der Waals surface area contributed by atoms with E-state index in [-0.39, 0.29) is 23.3 Å². The molecule has 0 spiro atoms. The van der Waals surface area contributed by atoms with Crippen molar-refractivity contribution >= 4 is 28.5 Å². The lowest BCUT2D eigenvalue weighted by Crippen LogP contribution is -2.47. The highest BCUT2D eigenvalue weighted by Crippen LogP contribution is 2.26. The van der Waals surface area contributed by atoms with Crippen LogP contribution in [0.1, 0.15) is 19.0 Å². The monoisotopic (exact) mass is 351 g/mol. The van der Waals surface area contributed by atoms with Gasteiger partial charge < -0.3 is 10.0 Å². The van der Waals surface area contributed by atoms with Crippen LogP contribution < -0.4 is 5.32 Å². The first-order valence-corrected chi connectivity index (χ1v) is 7.82. The van der Waals surface area contributed by atoms with Crippen molar-refractivity contribution in [2.45, 2.75) is 25.9 Å². The fourth-order valence-corrected chi connectivity index (χ4v) is 3.22. The van der Waals surface area contributed by atoms with Crippen LogP contribution in [0.4, 0.5) is 23.1 Å². The molecule has 23 heavy (non-hydrogen) atoms. The molecule has 1 aliphatic heterocycles. The quantitative estimate of drug-likeness (QED) is 0.877. The zero-order chi connectivity index (χ0) is 17.2. The van der Waals surface area contributed by atoms with E-state index in [1.807, 2.05) is 6.92 Å². The van der Waals surface area contributed by atoms with Gasteiger partial charge in [0.1, 0.15) is 0 Å². The van der Waals surface area contributed by atoms with Crippen LogP contribution in [-0.2, 0) is 11.2 Å². The second-order valence-corrected chi connectivity index (χ2v) is 6.51. The molecule has 1 aliphatic rings. The van der Waals surface area contributed by atoms with Gasteiger partial charge in [0.2, 0.25) is 0 Å². The van der Waals surface area contributed by atoms with Gasteiger partial charge in [-0.1, -0.05) is 6.92 Å². The Bertz CT molecular complexity index is 591. The van der Waals surface area contributed by atoms with Crippen molar-refractivity contribution in [3.63, 3.8) is 0 Å². The van der Waals surface area contributed by atoms with Crippen molar-refractivity contribution in [1.82, 2.24) is 9.88 Å². The lowest BCUT2D eigenvalue weighted by molar-refractivity contribution is -0.143. The van der Waals surface area contributed by atoms with Crippen molar-refractivity contribution in [1.29, 1.82) is 0 Å². The van der Waals surface area contributed by atoms with E-state index in [4.69, 9.17) is 5.11 Å². The van der Waals surface area contributed by atoms with Gasteiger partial charge in [-0.05, 0) is 12.3 Å². The summed E-state index contributed by atoms with van der Waals surface area (Å²) >= 11 is 0.904. The number of carbonyl (C=O) groups is 2. The van der Waals surface area contributed by atoms with Gasteiger partial charge >= 0.3 is 18.2 Å². The normalized spacial score (nSPS) is 22.0. The predicted molar refractivity (Wildman–Crippen MR) is 77.4 cm³/mol. The Morgan fingerprint density at radius 1 is 1.48 bits per heavy atom. The number of hydrogen-bond donors (Lipinski definition) is 2. The molecule has 0 aromatic carbocycles. The largest absolute Gasteiger partial charge is 0.481 e. The van der Waals surface area contributed by atoms with Crippen molar-refractivity contribution in [3.8, 4) is 0 Å². The Morgan fingerprint density at radius 2 is 2.17 bits per heavy atom. The number of carboxylic acid groups (broad SMARTS) is 1. The third kappa shape index (κ3) is 5.08. The average Bonchev–Trinajstić information content (AvgIpc) is 2.82. The second-order valence-electron chi connectivity index (χ2n) is 5.65. The van der Waals surface area contributed by atoms with Crippen LogP contribution in [0.5, 0.6) is 0 Å². The molecule has 1 saturated heterocycles. The summed E-state index contributed by atoms with van der Waals surface area (Å²) in [5.41, 5.74) is -0.159. The molecule has 2 heterocycles. The van der Waals surface area contributed by atoms with Crippen molar-refractivity contribution in [2.75, 3.05) is 18.4 Å². The lowest BCUT2D eigenvalue weighted by atomic mass is 9.91. The SMILES string of the molecule is CC1CC(C(=O)O)CN(C(=O)Nc2nc(CC(F)(F)F)cs2)C1. The second kappa shape index (κ2) is 6.73. The van der Waals surface area contributed by atoms with Crippen molar-refractivity contribution in [2.24, 2.45) is 11.8 Å². The number of aliphatic carboxylic acids is 1. The van der Waals surface area contributed by atoms with E-state index in [2.05, 4.69) is 10.3 Å². The molecular formula is C13H16F3N3O3S. The van der Waals surface area contributed by atoms with E-state index in [1.165, 1.54) is 10.3 Å². The van der Waals surface area contributed by atoms with Gasteiger partial charge in [0, 0.05) is 18.5 Å². The highest BCUT2D eigenvalue weighted by molar-refractivity contribution is 7.13. The highest BCUT2D eigenvalue weighted by Gasteiger charge is 2.32. The summed E-state index contributed by atoms with van der Waals surface area (Å²) in [4.78, 5) is 28.3. The average molecular weight is 351 g/mol. The first-order chi connectivity index (χ1) is 10.6. The van der Waals surface area contributed by atoms with Crippen molar-refractivity contribution in [3.05, 3.63) is 11.1 Å². The number of amides is 2. The maximum absolute atomic E-state index is 12.3. The molecule has 1 aromatic rings. The van der Waals surface area contributed by atoms with Gasteiger partial charge in [-0.3, -0.25) is 10.1 Å². The van der Waals surface area contributed by atoms with Crippen LogP contribution in [0, 0.1) is 11.8 Å². The van der Waals surface area contributed by atoms with Gasteiger partial charge in [-0.25, -0.2) is 9.78 Å². The number of thiazole rings is 1. The van der Waals surface area contributed by atoms with E-state index in [9.17, 15) is 22.8 Å². The molecule has 2 unspecified atom stereocenters. The lowest BCUT2D eigenvalue weighted by Gasteiger charge is -2.34. The summed E-state index contributed by atoms with van der Waals surface area (Å²) in [5.74, 6) is -1.56. The number of nitrogens with zero attached hydrogens (tertiary/aromatic N) is 2. The Hall–Kier alpha value is -1.84. The number of halogens is 3. The third-order valence-electron chi connectivity index (χ3n) is 3.44. The maximum Gasteiger partial charge on any atom is 0.394 e. The fraction of sp³-hybridized carbons (Fsp3) is 0.615. The molecule has 0 saturated carbocycles. The Labute approximate surface area is 134 Å². The third-order valence-corrected chi connectivity index (χ3v) is 4.25. The number of hydrogen-bond acceptors (Lipinski definition) is 4. The van der Waals surface area contributed by atoms with E-state index in [0.717, 1.165) is 11.3 Å². The Balaban J connectivity index is 1.97. The molecule has 0 bridgehead atoms. The summed E-state index contributed by atoms with van der Waals surface area (Å²) in [6, 6.07) is -0.546. The van der Waals surface area contributed by atoms with Gasteiger partial charge in [-0.2, -0.15) is 13.2 Å². The highest BCUT2D eigenvalue weighted by atomic mass is 32.1. The van der Waals surface area contributed by atoms with E-state index in [0.29, 0.717) is 13.0 Å². The molecule has 0 radical (unpaired) electrons. The molecule has 128 valence electrons. The van der Waals surface area contributed by atoms with Gasteiger partial charge in [0.15, 0.2) is 5.13 Å².